The molecule has 0 aliphatic heterocycles. The average Bonchev–Trinajstić information content (AvgIpc) is 2.36. The lowest BCUT2D eigenvalue weighted by molar-refractivity contribution is -0.141. The summed E-state index contributed by atoms with van der Waals surface area (Å²) >= 11 is 0. The first-order valence-corrected chi connectivity index (χ1v) is 5.67. The zero-order chi connectivity index (χ0) is 14.9. The molecule has 0 spiro atoms. The van der Waals surface area contributed by atoms with E-state index in [9.17, 15) is 22.4 Å². The lowest BCUT2D eigenvalue weighted by atomic mass is 10.1. The van der Waals surface area contributed by atoms with Crippen molar-refractivity contribution in [3.05, 3.63) is 41.3 Å². The van der Waals surface area contributed by atoms with Crippen LogP contribution in [0.1, 0.15) is 23.0 Å². The van der Waals surface area contributed by atoms with Gasteiger partial charge in [-0.1, -0.05) is 0 Å². The lowest BCUT2D eigenvalue weighted by Gasteiger charge is -2.11. The zero-order valence-electron chi connectivity index (χ0n) is 10.3. The van der Waals surface area contributed by atoms with Gasteiger partial charge < -0.3 is 4.74 Å². The van der Waals surface area contributed by atoms with Crippen LogP contribution in [0, 0.1) is 5.82 Å². The number of alkyl halides is 3. The van der Waals surface area contributed by atoms with Crippen molar-refractivity contribution in [2.75, 3.05) is 6.61 Å². The Balaban J connectivity index is 2.73. The van der Waals surface area contributed by atoms with E-state index in [4.69, 9.17) is 0 Å². The van der Waals surface area contributed by atoms with Crippen LogP contribution in [-0.2, 0) is 10.9 Å². The van der Waals surface area contributed by atoms with Gasteiger partial charge in [-0.05, 0) is 31.2 Å². The molecule has 0 atom stereocenters. The van der Waals surface area contributed by atoms with E-state index in [-0.39, 0.29) is 23.1 Å². The largest absolute Gasteiger partial charge is 0.462 e. The molecule has 0 saturated heterocycles. The van der Waals surface area contributed by atoms with Crippen LogP contribution in [0.4, 0.5) is 17.6 Å². The van der Waals surface area contributed by atoms with Gasteiger partial charge in [0, 0.05) is 5.39 Å². The first-order chi connectivity index (χ1) is 9.32. The van der Waals surface area contributed by atoms with Crippen molar-refractivity contribution < 1.29 is 27.1 Å². The van der Waals surface area contributed by atoms with E-state index < -0.39 is 23.7 Å². The smallest absolute Gasteiger partial charge is 0.433 e. The van der Waals surface area contributed by atoms with Crippen molar-refractivity contribution in [3.63, 3.8) is 0 Å². The number of esters is 1. The van der Waals surface area contributed by atoms with Gasteiger partial charge in [-0.3, -0.25) is 0 Å². The molecule has 1 aromatic heterocycles. The van der Waals surface area contributed by atoms with Gasteiger partial charge in [-0.2, -0.15) is 13.2 Å². The first-order valence-electron chi connectivity index (χ1n) is 5.67. The maximum absolute atomic E-state index is 13.2. The quantitative estimate of drug-likeness (QED) is 0.626. The van der Waals surface area contributed by atoms with E-state index >= 15 is 0 Å². The maximum Gasteiger partial charge on any atom is 0.433 e. The van der Waals surface area contributed by atoms with Crippen LogP contribution in [0.15, 0.2) is 24.3 Å². The molecule has 0 saturated carbocycles. The molecule has 0 unspecified atom stereocenters. The van der Waals surface area contributed by atoms with Gasteiger partial charge in [0.05, 0.1) is 17.7 Å². The second kappa shape index (κ2) is 5.07. The summed E-state index contributed by atoms with van der Waals surface area (Å²) in [5.41, 5.74) is -1.70. The van der Waals surface area contributed by atoms with Crippen LogP contribution in [0.25, 0.3) is 10.9 Å². The number of halogens is 4. The number of fused-ring (bicyclic) bond motifs is 1. The van der Waals surface area contributed by atoms with Gasteiger partial charge >= 0.3 is 12.1 Å². The van der Waals surface area contributed by atoms with Crippen LogP contribution in [0.5, 0.6) is 0 Å². The number of pyridine rings is 1. The highest BCUT2D eigenvalue weighted by Crippen LogP contribution is 2.31. The molecule has 7 heteroatoms. The Kier molecular flexibility index (Phi) is 3.61. The van der Waals surface area contributed by atoms with E-state index in [0.29, 0.717) is 6.07 Å². The van der Waals surface area contributed by atoms with E-state index in [1.54, 1.807) is 0 Å². The van der Waals surface area contributed by atoms with Crippen molar-refractivity contribution in [3.8, 4) is 0 Å². The summed E-state index contributed by atoms with van der Waals surface area (Å²) in [6.07, 6.45) is -4.70. The van der Waals surface area contributed by atoms with E-state index in [1.165, 1.54) is 6.92 Å². The van der Waals surface area contributed by atoms with E-state index in [1.807, 2.05) is 0 Å². The Morgan fingerprint density at radius 2 is 2.00 bits per heavy atom. The molecule has 2 aromatic rings. The van der Waals surface area contributed by atoms with Crippen molar-refractivity contribution in [2.45, 2.75) is 13.1 Å². The fourth-order valence-corrected chi connectivity index (χ4v) is 1.72. The lowest BCUT2D eigenvalue weighted by Crippen LogP contribution is -2.12. The van der Waals surface area contributed by atoms with Gasteiger partial charge in [0.15, 0.2) is 0 Å². The highest BCUT2D eigenvalue weighted by Gasteiger charge is 2.34. The standard InChI is InChI=1S/C13H9F4NO2/c1-2-20-12(19)9-6-11(13(15,16)17)18-10-4-3-7(14)5-8(9)10/h3-6H,2H2,1H3. The molecule has 2 rings (SSSR count). The molecule has 0 fully saturated rings. The summed E-state index contributed by atoms with van der Waals surface area (Å²) in [5, 5.41) is -0.0172. The van der Waals surface area contributed by atoms with Crippen molar-refractivity contribution in [2.24, 2.45) is 0 Å². The van der Waals surface area contributed by atoms with Crippen LogP contribution >= 0.6 is 0 Å². The SMILES string of the molecule is CCOC(=O)c1cc(C(F)(F)F)nc2ccc(F)cc12. The third kappa shape index (κ3) is 2.71. The number of benzene rings is 1. The molecule has 1 heterocycles. The van der Waals surface area contributed by atoms with Crippen molar-refractivity contribution in [1.82, 2.24) is 4.98 Å². The van der Waals surface area contributed by atoms with E-state index in [2.05, 4.69) is 9.72 Å². The van der Waals surface area contributed by atoms with E-state index in [0.717, 1.165) is 18.2 Å². The summed E-state index contributed by atoms with van der Waals surface area (Å²) < 4.78 is 56.1. The Bertz CT molecular complexity index is 667. The number of rotatable bonds is 2. The fraction of sp³-hybridized carbons (Fsp3) is 0.231. The molecule has 0 bridgehead atoms. The van der Waals surface area contributed by atoms with Crippen molar-refractivity contribution >= 4 is 16.9 Å². The Morgan fingerprint density at radius 3 is 2.60 bits per heavy atom. The summed E-state index contributed by atoms with van der Waals surface area (Å²) in [6.45, 7) is 1.52. The first kappa shape index (κ1) is 14.2. The van der Waals surface area contributed by atoms with Crippen LogP contribution in [0.3, 0.4) is 0 Å². The molecule has 106 valence electrons. The minimum absolute atomic E-state index is 0.000678. The maximum atomic E-state index is 13.2. The number of aromatic nitrogens is 1. The third-order valence-electron chi connectivity index (χ3n) is 2.56. The number of hydrogen-bond acceptors (Lipinski definition) is 3. The summed E-state index contributed by atoms with van der Waals surface area (Å²) in [6, 6.07) is 3.58. The monoisotopic (exact) mass is 287 g/mol. The van der Waals surface area contributed by atoms with Gasteiger partial charge in [-0.15, -0.1) is 0 Å². The normalized spacial score (nSPS) is 11.7. The minimum Gasteiger partial charge on any atom is -0.462 e. The molecule has 0 aliphatic rings. The number of nitrogens with zero attached hydrogens (tertiary/aromatic N) is 1. The minimum atomic E-state index is -4.70. The molecule has 20 heavy (non-hydrogen) atoms. The Labute approximate surface area is 111 Å². The highest BCUT2D eigenvalue weighted by molar-refractivity contribution is 6.03. The number of hydrogen-bond donors (Lipinski definition) is 0. The number of ether oxygens (including phenoxy) is 1. The topological polar surface area (TPSA) is 39.2 Å². The van der Waals surface area contributed by atoms with Gasteiger partial charge in [0.25, 0.3) is 0 Å². The number of carbonyl (C=O) groups excluding carboxylic acids is 1. The molecular formula is C13H9F4NO2. The van der Waals surface area contributed by atoms with Gasteiger partial charge in [-0.25, -0.2) is 14.2 Å². The van der Waals surface area contributed by atoms with Gasteiger partial charge in [0.1, 0.15) is 11.5 Å². The second-order valence-electron chi connectivity index (χ2n) is 3.93. The Morgan fingerprint density at radius 1 is 1.30 bits per heavy atom. The molecule has 0 aliphatic carbocycles. The highest BCUT2D eigenvalue weighted by atomic mass is 19.4. The molecule has 0 radical (unpaired) electrons. The zero-order valence-corrected chi connectivity index (χ0v) is 10.3. The predicted molar refractivity (Wildman–Crippen MR) is 62.7 cm³/mol. The van der Waals surface area contributed by atoms with Crippen LogP contribution in [-0.4, -0.2) is 17.6 Å². The molecule has 0 amide bonds. The number of carbonyl (C=O) groups is 1. The van der Waals surface area contributed by atoms with Gasteiger partial charge in [0.2, 0.25) is 0 Å². The van der Waals surface area contributed by atoms with Crippen LogP contribution < -0.4 is 0 Å². The summed E-state index contributed by atoms with van der Waals surface area (Å²) in [7, 11) is 0. The molecule has 1 aromatic carbocycles. The molecule has 3 nitrogen and oxygen atoms in total. The second-order valence-corrected chi connectivity index (χ2v) is 3.93. The summed E-state index contributed by atoms with van der Waals surface area (Å²) in [5.74, 6) is -1.62. The Hall–Kier alpha value is -2.18. The van der Waals surface area contributed by atoms with Crippen LogP contribution in [0.2, 0.25) is 0 Å². The van der Waals surface area contributed by atoms with Crippen molar-refractivity contribution in [1.29, 1.82) is 0 Å². The third-order valence-corrected chi connectivity index (χ3v) is 2.56. The molecular weight excluding hydrogens is 278 g/mol. The summed E-state index contributed by atoms with van der Waals surface area (Å²) in [4.78, 5) is 15.1. The predicted octanol–water partition coefficient (Wildman–Crippen LogP) is 3.57. The fourth-order valence-electron chi connectivity index (χ4n) is 1.72. The molecule has 0 N–H and O–H groups in total. The average molecular weight is 287 g/mol.